The quantitative estimate of drug-likeness (QED) is 0.420. The van der Waals surface area contributed by atoms with Gasteiger partial charge in [-0.2, -0.15) is 0 Å². The number of ether oxygens (including phenoxy) is 1. The predicted octanol–water partition coefficient (Wildman–Crippen LogP) is 2.60. The lowest BCUT2D eigenvalue weighted by Crippen LogP contribution is -2.27. The molecule has 3 heterocycles. The van der Waals surface area contributed by atoms with E-state index in [9.17, 15) is 18.0 Å². The van der Waals surface area contributed by atoms with E-state index in [-0.39, 0.29) is 16.5 Å². The highest BCUT2D eigenvalue weighted by atomic mass is 32.2. The van der Waals surface area contributed by atoms with Crippen molar-refractivity contribution in [2.45, 2.75) is 38.3 Å². The number of rotatable bonds is 7. The molecular weight excluding hydrogens is 446 g/mol. The molecule has 9 nitrogen and oxygen atoms in total. The third-order valence-corrected chi connectivity index (χ3v) is 6.84. The molecule has 0 unspecified atom stereocenters. The lowest BCUT2D eigenvalue weighted by Gasteiger charge is -2.10. The normalized spacial score (nSPS) is 16.3. The molecule has 1 aliphatic rings. The number of nitrogens with zero attached hydrogens (tertiary/aromatic N) is 2. The molecule has 1 N–H and O–H groups in total. The summed E-state index contributed by atoms with van der Waals surface area (Å²) in [6, 6.07) is 10.8. The van der Waals surface area contributed by atoms with Gasteiger partial charge >= 0.3 is 5.97 Å². The molecule has 0 bridgehead atoms. The Kier molecular flexibility index (Phi) is 5.94. The number of hydrogen-bond acceptors (Lipinski definition) is 7. The molecule has 0 fully saturated rings. The Hall–Kier alpha value is -3.66. The number of amidine groups is 1. The summed E-state index contributed by atoms with van der Waals surface area (Å²) in [5, 5.41) is 0. The summed E-state index contributed by atoms with van der Waals surface area (Å²) < 4.78 is 39.2. The number of hydrogen-bond donors (Lipinski definition) is 1. The predicted molar refractivity (Wildman–Crippen MR) is 120 cm³/mol. The number of carbonyl (C=O) groups is 2. The minimum atomic E-state index is -3.71. The summed E-state index contributed by atoms with van der Waals surface area (Å²) in [7, 11) is -3.71. The maximum atomic E-state index is 12.7. The number of aliphatic imine (C=N–C) groups is 1. The number of aromatic nitrogens is 1. The zero-order valence-electron chi connectivity index (χ0n) is 18.4. The highest BCUT2D eigenvalue weighted by Gasteiger charge is 2.31. The third-order valence-electron chi connectivity index (χ3n) is 5.44. The van der Waals surface area contributed by atoms with Gasteiger partial charge in [0.25, 0.3) is 10.0 Å². The second-order valence-electron chi connectivity index (χ2n) is 7.74. The van der Waals surface area contributed by atoms with Crippen molar-refractivity contribution in [2.24, 2.45) is 4.99 Å². The summed E-state index contributed by atoms with van der Waals surface area (Å²) in [5.74, 6) is -0.236. The first-order valence-corrected chi connectivity index (χ1v) is 11.7. The van der Waals surface area contributed by atoms with Crippen LogP contribution in [0, 0.1) is 13.8 Å². The molecule has 0 saturated carbocycles. The first kappa shape index (κ1) is 22.5. The van der Waals surface area contributed by atoms with Crippen LogP contribution < -0.4 is 4.72 Å². The number of sulfonamides is 1. The Morgan fingerprint density at radius 3 is 2.67 bits per heavy atom. The first-order valence-electron chi connectivity index (χ1n) is 10.3. The van der Waals surface area contributed by atoms with Gasteiger partial charge in [-0.1, -0.05) is 12.1 Å². The Morgan fingerprint density at radius 2 is 1.94 bits per heavy atom. The Bertz CT molecular complexity index is 1350. The SMILES string of the molecule is Cc1cc(C(=O)COC(=O)[C@@H](C)N=C2NS(=O)(=O)c3ccccc32)c(C)n1Cc1ccco1. The fourth-order valence-electron chi connectivity index (χ4n) is 3.70. The van der Waals surface area contributed by atoms with Crippen molar-refractivity contribution in [1.82, 2.24) is 9.29 Å². The van der Waals surface area contributed by atoms with Crippen LogP contribution in [0.25, 0.3) is 0 Å². The molecule has 1 atom stereocenters. The van der Waals surface area contributed by atoms with Gasteiger partial charge in [-0.15, -0.1) is 0 Å². The number of ketones is 1. The number of aryl methyl sites for hydroxylation is 1. The van der Waals surface area contributed by atoms with Crippen LogP contribution in [0.3, 0.4) is 0 Å². The molecule has 0 radical (unpaired) electrons. The number of Topliss-reactive ketones (excluding diaryl/α,β-unsaturated/α-hetero) is 1. The molecule has 0 saturated heterocycles. The van der Waals surface area contributed by atoms with E-state index < -0.39 is 28.6 Å². The molecule has 2 aromatic heterocycles. The van der Waals surface area contributed by atoms with E-state index in [1.165, 1.54) is 13.0 Å². The molecule has 3 aromatic rings. The van der Waals surface area contributed by atoms with Gasteiger partial charge in [-0.25, -0.2) is 13.2 Å². The minimum absolute atomic E-state index is 0.0721. The van der Waals surface area contributed by atoms with Crippen molar-refractivity contribution >= 4 is 27.6 Å². The number of furan rings is 1. The van der Waals surface area contributed by atoms with Crippen molar-refractivity contribution in [2.75, 3.05) is 6.61 Å². The van der Waals surface area contributed by atoms with Crippen LogP contribution in [-0.4, -0.2) is 43.2 Å². The van der Waals surface area contributed by atoms with Gasteiger partial charge in [-0.05, 0) is 51.1 Å². The van der Waals surface area contributed by atoms with Crippen molar-refractivity contribution in [1.29, 1.82) is 0 Å². The number of nitrogens with one attached hydrogen (secondary N) is 1. The minimum Gasteiger partial charge on any atom is -0.467 e. The topological polar surface area (TPSA) is 120 Å². The average Bonchev–Trinajstić information content (AvgIpc) is 3.46. The van der Waals surface area contributed by atoms with Gasteiger partial charge in [0.2, 0.25) is 5.78 Å². The summed E-state index contributed by atoms with van der Waals surface area (Å²) in [6.45, 7) is 5.23. The van der Waals surface area contributed by atoms with Crippen LogP contribution >= 0.6 is 0 Å². The maximum absolute atomic E-state index is 12.7. The summed E-state index contributed by atoms with van der Waals surface area (Å²) >= 11 is 0. The zero-order valence-corrected chi connectivity index (χ0v) is 19.2. The van der Waals surface area contributed by atoms with Crippen molar-refractivity contribution < 1.29 is 27.2 Å². The zero-order chi connectivity index (χ0) is 23.8. The van der Waals surface area contributed by atoms with E-state index in [1.54, 1.807) is 36.6 Å². The van der Waals surface area contributed by atoms with E-state index >= 15 is 0 Å². The number of fused-ring (bicyclic) bond motifs is 1. The fraction of sp³-hybridized carbons (Fsp3) is 0.261. The highest BCUT2D eigenvalue weighted by molar-refractivity contribution is 7.90. The van der Waals surface area contributed by atoms with Gasteiger partial charge in [0, 0.05) is 22.5 Å². The smallest absolute Gasteiger partial charge is 0.331 e. The van der Waals surface area contributed by atoms with Gasteiger partial charge in [0.15, 0.2) is 6.61 Å². The number of carbonyl (C=O) groups excluding carboxylic acids is 2. The third kappa shape index (κ3) is 4.47. The molecule has 4 rings (SSSR count). The second-order valence-corrected chi connectivity index (χ2v) is 9.39. The summed E-state index contributed by atoms with van der Waals surface area (Å²) in [5.41, 5.74) is 2.47. The number of benzene rings is 1. The Morgan fingerprint density at radius 1 is 1.18 bits per heavy atom. The molecule has 0 amide bonds. The van der Waals surface area contributed by atoms with E-state index in [4.69, 9.17) is 9.15 Å². The first-order chi connectivity index (χ1) is 15.7. The van der Waals surface area contributed by atoms with Gasteiger partial charge < -0.3 is 13.7 Å². The molecule has 172 valence electrons. The molecule has 0 spiro atoms. The van der Waals surface area contributed by atoms with E-state index in [0.717, 1.165) is 17.1 Å². The lowest BCUT2D eigenvalue weighted by molar-refractivity contribution is -0.143. The van der Waals surface area contributed by atoms with Crippen LogP contribution in [0.4, 0.5) is 0 Å². The van der Waals surface area contributed by atoms with E-state index in [1.807, 2.05) is 24.5 Å². The van der Waals surface area contributed by atoms with Crippen molar-refractivity contribution in [3.05, 3.63) is 77.0 Å². The molecular formula is C23H23N3O6S. The molecule has 0 aliphatic carbocycles. The molecule has 1 aliphatic heterocycles. The highest BCUT2D eigenvalue weighted by Crippen LogP contribution is 2.23. The molecule has 1 aromatic carbocycles. The second kappa shape index (κ2) is 8.70. The van der Waals surface area contributed by atoms with E-state index in [0.29, 0.717) is 17.7 Å². The van der Waals surface area contributed by atoms with Crippen LogP contribution in [0.1, 0.15) is 40.0 Å². The van der Waals surface area contributed by atoms with Gasteiger partial charge in [-0.3, -0.25) is 14.5 Å². The average molecular weight is 470 g/mol. The van der Waals surface area contributed by atoms with Crippen LogP contribution in [0.5, 0.6) is 0 Å². The van der Waals surface area contributed by atoms with Crippen molar-refractivity contribution in [3.63, 3.8) is 0 Å². The summed E-state index contributed by atoms with van der Waals surface area (Å²) in [4.78, 5) is 29.4. The van der Waals surface area contributed by atoms with Crippen LogP contribution in [-0.2, 0) is 26.1 Å². The molecule has 10 heteroatoms. The monoisotopic (exact) mass is 469 g/mol. The van der Waals surface area contributed by atoms with Crippen LogP contribution in [0.15, 0.2) is 63.0 Å². The standard InChI is InChI=1S/C23H23N3O6S/c1-14-11-19(16(3)26(14)12-17-7-6-10-31-17)20(27)13-32-23(28)15(2)24-22-18-8-4-5-9-21(18)33(29,30)25-22/h4-11,15H,12-13H2,1-3H3,(H,24,25)/t15-/m1/s1. The molecule has 33 heavy (non-hydrogen) atoms. The van der Waals surface area contributed by atoms with Crippen LogP contribution in [0.2, 0.25) is 0 Å². The fourth-order valence-corrected chi connectivity index (χ4v) is 4.94. The summed E-state index contributed by atoms with van der Waals surface area (Å²) in [6.07, 6.45) is 1.59. The Labute approximate surface area is 191 Å². The van der Waals surface area contributed by atoms with E-state index in [2.05, 4.69) is 9.71 Å². The largest absolute Gasteiger partial charge is 0.467 e. The van der Waals surface area contributed by atoms with Gasteiger partial charge in [0.1, 0.15) is 17.6 Å². The van der Waals surface area contributed by atoms with Crippen molar-refractivity contribution in [3.8, 4) is 0 Å². The maximum Gasteiger partial charge on any atom is 0.331 e. The number of esters is 1. The van der Waals surface area contributed by atoms with Gasteiger partial charge in [0.05, 0.1) is 17.7 Å². The lowest BCUT2D eigenvalue weighted by atomic mass is 10.1. The Balaban J connectivity index is 1.42.